The molecule has 0 radical (unpaired) electrons. The number of carbonyl (C=O) groups is 1. The van der Waals surface area contributed by atoms with Gasteiger partial charge in [-0.2, -0.15) is 0 Å². The van der Waals surface area contributed by atoms with Crippen LogP contribution in [0.2, 0.25) is 5.02 Å². The lowest BCUT2D eigenvalue weighted by Crippen LogP contribution is -2.13. The number of benzene rings is 2. The Hall–Kier alpha value is -2.20. The standard InChI is InChI=1S/C16H17ClN2O2/c1-3-21-15-7-5-11(9-13(15)18)16(20)19-14-6-4-10(2)8-12(14)17/h4-9H,3,18H2,1-2H3,(H,19,20). The van der Waals surface area contributed by atoms with Gasteiger partial charge in [-0.15, -0.1) is 0 Å². The molecule has 0 aliphatic rings. The Labute approximate surface area is 128 Å². The first-order valence-corrected chi connectivity index (χ1v) is 6.99. The normalized spacial score (nSPS) is 10.2. The van der Waals surface area contributed by atoms with Gasteiger partial charge < -0.3 is 15.8 Å². The molecule has 4 nitrogen and oxygen atoms in total. The van der Waals surface area contributed by atoms with Gasteiger partial charge in [-0.3, -0.25) is 4.79 Å². The van der Waals surface area contributed by atoms with Gasteiger partial charge in [0.2, 0.25) is 0 Å². The highest BCUT2D eigenvalue weighted by Gasteiger charge is 2.11. The second-order valence-corrected chi connectivity index (χ2v) is 5.03. The lowest BCUT2D eigenvalue weighted by Gasteiger charge is -2.10. The average molecular weight is 305 g/mol. The topological polar surface area (TPSA) is 64.3 Å². The Bertz CT molecular complexity index is 671. The number of amides is 1. The summed E-state index contributed by atoms with van der Waals surface area (Å²) >= 11 is 6.10. The van der Waals surface area contributed by atoms with Crippen LogP contribution in [0.1, 0.15) is 22.8 Å². The Balaban J connectivity index is 2.18. The first kappa shape index (κ1) is 15.2. The molecule has 110 valence electrons. The van der Waals surface area contributed by atoms with E-state index >= 15 is 0 Å². The number of hydrogen-bond donors (Lipinski definition) is 2. The second kappa shape index (κ2) is 6.50. The van der Waals surface area contributed by atoms with E-state index in [2.05, 4.69) is 5.32 Å². The molecular formula is C16H17ClN2O2. The minimum atomic E-state index is -0.268. The number of halogens is 1. The maximum Gasteiger partial charge on any atom is 0.255 e. The predicted octanol–water partition coefficient (Wildman–Crippen LogP) is 3.88. The minimum absolute atomic E-state index is 0.268. The number of carbonyl (C=O) groups excluding carboxylic acids is 1. The van der Waals surface area contributed by atoms with Crippen molar-refractivity contribution in [2.45, 2.75) is 13.8 Å². The summed E-state index contributed by atoms with van der Waals surface area (Å²) in [5.74, 6) is 0.304. The molecule has 0 spiro atoms. The molecule has 0 aliphatic heterocycles. The maximum atomic E-state index is 12.2. The molecule has 0 saturated carbocycles. The van der Waals surface area contributed by atoms with E-state index in [1.807, 2.05) is 19.9 Å². The summed E-state index contributed by atoms with van der Waals surface area (Å²) < 4.78 is 5.34. The SMILES string of the molecule is CCOc1ccc(C(=O)Nc2ccc(C)cc2Cl)cc1N. The predicted molar refractivity (Wildman–Crippen MR) is 86.2 cm³/mol. The smallest absolute Gasteiger partial charge is 0.255 e. The summed E-state index contributed by atoms with van der Waals surface area (Å²) in [5, 5.41) is 3.27. The van der Waals surface area contributed by atoms with Crippen molar-refractivity contribution in [1.82, 2.24) is 0 Å². The van der Waals surface area contributed by atoms with Crippen molar-refractivity contribution in [2.24, 2.45) is 0 Å². The summed E-state index contributed by atoms with van der Waals surface area (Å²) in [6.07, 6.45) is 0. The number of nitrogen functional groups attached to an aromatic ring is 1. The zero-order valence-electron chi connectivity index (χ0n) is 11.9. The van der Waals surface area contributed by atoms with Crippen molar-refractivity contribution in [3.05, 3.63) is 52.5 Å². The number of hydrogen-bond acceptors (Lipinski definition) is 3. The van der Waals surface area contributed by atoms with Crippen molar-refractivity contribution in [1.29, 1.82) is 0 Å². The van der Waals surface area contributed by atoms with Gasteiger partial charge in [-0.1, -0.05) is 17.7 Å². The summed E-state index contributed by atoms with van der Waals surface area (Å²) in [7, 11) is 0. The summed E-state index contributed by atoms with van der Waals surface area (Å²) in [4.78, 5) is 12.2. The Morgan fingerprint density at radius 1 is 1.29 bits per heavy atom. The molecule has 0 atom stereocenters. The fraction of sp³-hybridized carbons (Fsp3) is 0.188. The lowest BCUT2D eigenvalue weighted by atomic mass is 10.1. The molecule has 2 aromatic carbocycles. The number of aryl methyl sites for hydroxylation is 1. The largest absolute Gasteiger partial charge is 0.492 e. The zero-order chi connectivity index (χ0) is 15.4. The van der Waals surface area contributed by atoms with Crippen molar-refractivity contribution < 1.29 is 9.53 Å². The van der Waals surface area contributed by atoms with Crippen LogP contribution in [0, 0.1) is 6.92 Å². The maximum absolute atomic E-state index is 12.2. The number of anilines is 2. The molecule has 0 unspecified atom stereocenters. The zero-order valence-corrected chi connectivity index (χ0v) is 12.7. The van der Waals surface area contributed by atoms with E-state index < -0.39 is 0 Å². The summed E-state index contributed by atoms with van der Waals surface area (Å²) in [6.45, 7) is 4.33. The van der Waals surface area contributed by atoms with Crippen LogP contribution < -0.4 is 15.8 Å². The van der Waals surface area contributed by atoms with Crippen LogP contribution in [-0.4, -0.2) is 12.5 Å². The quantitative estimate of drug-likeness (QED) is 0.842. The number of ether oxygens (including phenoxy) is 1. The van der Waals surface area contributed by atoms with E-state index in [4.69, 9.17) is 22.1 Å². The van der Waals surface area contributed by atoms with E-state index in [9.17, 15) is 4.79 Å². The van der Waals surface area contributed by atoms with E-state index in [1.54, 1.807) is 30.3 Å². The van der Waals surface area contributed by atoms with Crippen LogP contribution in [0.3, 0.4) is 0 Å². The highest BCUT2D eigenvalue weighted by atomic mass is 35.5. The van der Waals surface area contributed by atoms with Crippen LogP contribution >= 0.6 is 11.6 Å². The van der Waals surface area contributed by atoms with Crippen molar-refractivity contribution in [3.8, 4) is 5.75 Å². The highest BCUT2D eigenvalue weighted by Crippen LogP contribution is 2.25. The molecule has 2 aromatic rings. The molecule has 0 saturated heterocycles. The third kappa shape index (κ3) is 3.67. The van der Waals surface area contributed by atoms with Crippen LogP contribution in [0.15, 0.2) is 36.4 Å². The molecule has 0 fully saturated rings. The first-order valence-electron chi connectivity index (χ1n) is 6.61. The average Bonchev–Trinajstić information content (AvgIpc) is 2.44. The van der Waals surface area contributed by atoms with Gasteiger partial charge in [0.05, 0.1) is 23.0 Å². The Kier molecular flexibility index (Phi) is 4.70. The minimum Gasteiger partial charge on any atom is -0.492 e. The van der Waals surface area contributed by atoms with Gasteiger partial charge in [0.25, 0.3) is 5.91 Å². The fourth-order valence-corrected chi connectivity index (χ4v) is 2.17. The van der Waals surface area contributed by atoms with Gasteiger partial charge in [-0.25, -0.2) is 0 Å². The number of rotatable bonds is 4. The van der Waals surface area contributed by atoms with Gasteiger partial charge in [0, 0.05) is 5.56 Å². The molecule has 3 N–H and O–H groups in total. The Morgan fingerprint density at radius 2 is 2.05 bits per heavy atom. The summed E-state index contributed by atoms with van der Waals surface area (Å²) in [6, 6.07) is 10.4. The van der Waals surface area contributed by atoms with E-state index in [0.29, 0.717) is 34.3 Å². The highest BCUT2D eigenvalue weighted by molar-refractivity contribution is 6.34. The van der Waals surface area contributed by atoms with Gasteiger partial charge in [-0.05, 0) is 49.7 Å². The summed E-state index contributed by atoms with van der Waals surface area (Å²) in [5.41, 5.74) is 8.34. The van der Waals surface area contributed by atoms with Crippen LogP contribution in [0.4, 0.5) is 11.4 Å². The second-order valence-electron chi connectivity index (χ2n) is 4.62. The molecule has 5 heteroatoms. The third-order valence-electron chi connectivity index (χ3n) is 2.94. The Morgan fingerprint density at radius 3 is 2.67 bits per heavy atom. The number of nitrogens with two attached hydrogens (primary N) is 1. The van der Waals surface area contributed by atoms with Crippen LogP contribution in [0.5, 0.6) is 5.75 Å². The molecule has 21 heavy (non-hydrogen) atoms. The molecular weight excluding hydrogens is 288 g/mol. The molecule has 2 rings (SSSR count). The van der Waals surface area contributed by atoms with E-state index in [-0.39, 0.29) is 5.91 Å². The first-order chi connectivity index (χ1) is 10.0. The molecule has 0 heterocycles. The number of nitrogens with one attached hydrogen (secondary N) is 1. The van der Waals surface area contributed by atoms with Gasteiger partial charge in [0.1, 0.15) is 5.75 Å². The monoisotopic (exact) mass is 304 g/mol. The van der Waals surface area contributed by atoms with Crippen molar-refractivity contribution >= 4 is 28.9 Å². The third-order valence-corrected chi connectivity index (χ3v) is 3.26. The van der Waals surface area contributed by atoms with Crippen molar-refractivity contribution in [2.75, 3.05) is 17.7 Å². The van der Waals surface area contributed by atoms with Gasteiger partial charge in [0.15, 0.2) is 0 Å². The molecule has 0 aliphatic carbocycles. The molecule has 1 amide bonds. The van der Waals surface area contributed by atoms with Crippen molar-refractivity contribution in [3.63, 3.8) is 0 Å². The molecule has 0 bridgehead atoms. The van der Waals surface area contributed by atoms with Gasteiger partial charge >= 0.3 is 0 Å². The molecule has 0 aromatic heterocycles. The lowest BCUT2D eigenvalue weighted by molar-refractivity contribution is 0.102. The fourth-order valence-electron chi connectivity index (χ4n) is 1.89. The van der Waals surface area contributed by atoms with Crippen LogP contribution in [-0.2, 0) is 0 Å². The van der Waals surface area contributed by atoms with Crippen LogP contribution in [0.25, 0.3) is 0 Å². The van der Waals surface area contributed by atoms with E-state index in [0.717, 1.165) is 5.56 Å². The van der Waals surface area contributed by atoms with E-state index in [1.165, 1.54) is 0 Å².